The van der Waals surface area contributed by atoms with E-state index in [2.05, 4.69) is 49.9 Å². The molecule has 1 aliphatic carbocycles. The smallest absolute Gasteiger partial charge is 0.317 e. The molecule has 6 rings (SSSR count). The second kappa shape index (κ2) is 10.4. The quantitative estimate of drug-likeness (QED) is 0.323. The zero-order valence-electron chi connectivity index (χ0n) is 22.2. The van der Waals surface area contributed by atoms with Crippen molar-refractivity contribution in [3.63, 3.8) is 0 Å². The molecule has 10 heteroatoms. The predicted octanol–water partition coefficient (Wildman–Crippen LogP) is 4.49. The van der Waals surface area contributed by atoms with Gasteiger partial charge in [-0.3, -0.25) is 14.3 Å². The minimum Gasteiger partial charge on any atom is -0.317 e. The molecule has 0 aliphatic heterocycles. The van der Waals surface area contributed by atoms with Crippen LogP contribution in [0.1, 0.15) is 63.3 Å². The molecule has 0 unspecified atom stereocenters. The Labute approximate surface area is 225 Å². The van der Waals surface area contributed by atoms with E-state index in [0.29, 0.717) is 30.1 Å². The number of benzene rings is 2. The lowest BCUT2D eigenvalue weighted by Gasteiger charge is -2.22. The van der Waals surface area contributed by atoms with E-state index in [-0.39, 0.29) is 17.4 Å². The normalized spacial score (nSPS) is 14.4. The van der Waals surface area contributed by atoms with Crippen molar-refractivity contribution in [3.8, 4) is 22.5 Å². The Balaban J connectivity index is 1.41. The molecule has 0 amide bonds. The zero-order valence-corrected chi connectivity index (χ0v) is 22.2. The van der Waals surface area contributed by atoms with E-state index in [4.69, 9.17) is 4.98 Å². The van der Waals surface area contributed by atoms with Gasteiger partial charge >= 0.3 is 5.69 Å². The van der Waals surface area contributed by atoms with Crippen LogP contribution in [0.25, 0.3) is 33.7 Å². The van der Waals surface area contributed by atoms with Gasteiger partial charge in [0.25, 0.3) is 5.56 Å². The first-order valence-corrected chi connectivity index (χ1v) is 13.6. The summed E-state index contributed by atoms with van der Waals surface area (Å²) in [5.41, 5.74) is 4.18. The number of nitrogens with one attached hydrogen (secondary N) is 2. The van der Waals surface area contributed by atoms with Crippen LogP contribution in [0.15, 0.2) is 58.1 Å². The zero-order chi connectivity index (χ0) is 26.9. The standard InChI is InChI=1S/C29H32N8O2/c1-18(2)16-37-28(38)24-26(31-29(37)39)30-27(21-8-4-3-5-9-21)36(24)17-19-12-14-20(15-13-19)22-10-6-7-11-23(22)25-32-34-35-33-25/h6-7,10-15,18,21H,3-5,8-9,16-17H2,1-2H3,(H,31,39)(H,32,33,34,35). The maximum absolute atomic E-state index is 13.6. The molecular formula is C29H32N8O2. The monoisotopic (exact) mass is 524 g/mol. The van der Waals surface area contributed by atoms with Gasteiger partial charge in [0.1, 0.15) is 5.82 Å². The number of hydrogen-bond acceptors (Lipinski definition) is 6. The maximum atomic E-state index is 13.6. The van der Waals surface area contributed by atoms with Crippen molar-refractivity contribution >= 4 is 11.2 Å². The first-order chi connectivity index (χ1) is 19.0. The highest BCUT2D eigenvalue weighted by atomic mass is 16.2. The van der Waals surface area contributed by atoms with Gasteiger partial charge in [0, 0.05) is 24.6 Å². The van der Waals surface area contributed by atoms with Crippen LogP contribution in [-0.2, 0) is 13.1 Å². The highest BCUT2D eigenvalue weighted by Gasteiger charge is 2.25. The summed E-state index contributed by atoms with van der Waals surface area (Å²) < 4.78 is 3.36. The molecule has 39 heavy (non-hydrogen) atoms. The molecule has 0 radical (unpaired) electrons. The van der Waals surface area contributed by atoms with E-state index in [1.54, 1.807) is 0 Å². The molecule has 0 spiro atoms. The highest BCUT2D eigenvalue weighted by molar-refractivity contribution is 5.80. The molecule has 10 nitrogen and oxygen atoms in total. The van der Waals surface area contributed by atoms with E-state index >= 15 is 0 Å². The van der Waals surface area contributed by atoms with Gasteiger partial charge in [-0.15, -0.1) is 10.2 Å². The van der Waals surface area contributed by atoms with Gasteiger partial charge < -0.3 is 4.57 Å². The predicted molar refractivity (Wildman–Crippen MR) is 149 cm³/mol. The van der Waals surface area contributed by atoms with E-state index in [9.17, 15) is 9.59 Å². The first kappa shape index (κ1) is 25.0. The average molecular weight is 525 g/mol. The summed E-state index contributed by atoms with van der Waals surface area (Å²) in [5.74, 6) is 1.88. The number of tetrazole rings is 1. The minimum atomic E-state index is -0.398. The summed E-state index contributed by atoms with van der Waals surface area (Å²) in [6.45, 7) is 4.86. The van der Waals surface area contributed by atoms with Gasteiger partial charge in [-0.2, -0.15) is 5.21 Å². The van der Waals surface area contributed by atoms with Crippen LogP contribution in [-0.4, -0.2) is 39.7 Å². The number of H-pyrrole nitrogens is 2. The molecule has 0 bridgehead atoms. The van der Waals surface area contributed by atoms with Gasteiger partial charge in [0.2, 0.25) is 5.82 Å². The van der Waals surface area contributed by atoms with Crippen LogP contribution < -0.4 is 11.2 Å². The lowest BCUT2D eigenvalue weighted by atomic mass is 9.88. The topological polar surface area (TPSA) is 127 Å². The van der Waals surface area contributed by atoms with Crippen molar-refractivity contribution in [2.45, 2.75) is 65.0 Å². The van der Waals surface area contributed by atoms with Crippen LogP contribution in [0.2, 0.25) is 0 Å². The lowest BCUT2D eigenvalue weighted by Crippen LogP contribution is -2.37. The number of rotatable bonds is 7. The maximum Gasteiger partial charge on any atom is 0.330 e. The molecule has 0 atom stereocenters. The fourth-order valence-corrected chi connectivity index (χ4v) is 5.70. The lowest BCUT2D eigenvalue weighted by molar-refractivity contribution is 0.419. The Morgan fingerprint density at radius 1 is 0.949 bits per heavy atom. The molecule has 3 aromatic heterocycles. The largest absolute Gasteiger partial charge is 0.330 e. The van der Waals surface area contributed by atoms with Crippen molar-refractivity contribution in [2.75, 3.05) is 0 Å². The molecule has 2 aromatic carbocycles. The van der Waals surface area contributed by atoms with Gasteiger partial charge in [0.15, 0.2) is 11.2 Å². The third-order valence-corrected chi connectivity index (χ3v) is 7.55. The molecule has 5 aromatic rings. The van der Waals surface area contributed by atoms with Crippen LogP contribution in [0.3, 0.4) is 0 Å². The van der Waals surface area contributed by atoms with Crippen LogP contribution in [0.5, 0.6) is 0 Å². The van der Waals surface area contributed by atoms with Crippen molar-refractivity contribution in [3.05, 3.63) is 80.8 Å². The summed E-state index contributed by atoms with van der Waals surface area (Å²) in [6, 6.07) is 16.3. The fraction of sp³-hybridized carbons (Fsp3) is 0.379. The molecule has 200 valence electrons. The van der Waals surface area contributed by atoms with E-state index in [1.807, 2.05) is 42.7 Å². The third-order valence-electron chi connectivity index (χ3n) is 7.55. The van der Waals surface area contributed by atoms with Crippen molar-refractivity contribution in [2.24, 2.45) is 5.92 Å². The number of nitrogens with zero attached hydrogens (tertiary/aromatic N) is 6. The molecule has 2 N–H and O–H groups in total. The number of hydrogen-bond donors (Lipinski definition) is 2. The molecule has 0 saturated heterocycles. The van der Waals surface area contributed by atoms with Gasteiger partial charge in [0.05, 0.1) is 0 Å². The van der Waals surface area contributed by atoms with E-state index < -0.39 is 5.69 Å². The molecular weight excluding hydrogens is 492 g/mol. The van der Waals surface area contributed by atoms with Gasteiger partial charge in [-0.25, -0.2) is 9.78 Å². The Kier molecular flexibility index (Phi) is 6.68. The summed E-state index contributed by atoms with van der Waals surface area (Å²) >= 11 is 0. The summed E-state index contributed by atoms with van der Waals surface area (Å²) in [6.07, 6.45) is 5.60. The van der Waals surface area contributed by atoms with Crippen molar-refractivity contribution in [1.29, 1.82) is 0 Å². The molecule has 1 aliphatic rings. The number of aromatic amines is 2. The summed E-state index contributed by atoms with van der Waals surface area (Å²) in [5, 5.41) is 14.5. The molecule has 3 heterocycles. The van der Waals surface area contributed by atoms with Gasteiger partial charge in [-0.05, 0) is 40.7 Å². The van der Waals surface area contributed by atoms with Crippen molar-refractivity contribution in [1.82, 2.24) is 39.7 Å². The Morgan fingerprint density at radius 3 is 2.38 bits per heavy atom. The van der Waals surface area contributed by atoms with Crippen LogP contribution >= 0.6 is 0 Å². The van der Waals surface area contributed by atoms with E-state index in [0.717, 1.165) is 53.8 Å². The average Bonchev–Trinajstić information content (AvgIpc) is 3.61. The first-order valence-electron chi connectivity index (χ1n) is 13.6. The van der Waals surface area contributed by atoms with Gasteiger partial charge in [-0.1, -0.05) is 81.6 Å². The number of imidazole rings is 1. The van der Waals surface area contributed by atoms with Crippen LogP contribution in [0.4, 0.5) is 0 Å². The summed E-state index contributed by atoms with van der Waals surface area (Å²) in [7, 11) is 0. The molecule has 1 saturated carbocycles. The number of fused-ring (bicyclic) bond motifs is 1. The fourth-order valence-electron chi connectivity index (χ4n) is 5.70. The Morgan fingerprint density at radius 2 is 1.69 bits per heavy atom. The number of aromatic nitrogens is 8. The van der Waals surface area contributed by atoms with Crippen molar-refractivity contribution < 1.29 is 0 Å². The second-order valence-electron chi connectivity index (χ2n) is 10.8. The minimum absolute atomic E-state index is 0.165. The Hall–Kier alpha value is -4.34. The van der Waals surface area contributed by atoms with Crippen LogP contribution in [0, 0.1) is 5.92 Å². The third kappa shape index (κ3) is 4.82. The second-order valence-corrected chi connectivity index (χ2v) is 10.8. The highest BCUT2D eigenvalue weighted by Crippen LogP contribution is 2.34. The SMILES string of the molecule is CC(C)Cn1c(=O)[nH]c2nc(C3CCCCC3)n(Cc3ccc(-c4ccccc4-c4nn[nH]n4)cc3)c2c1=O. The summed E-state index contributed by atoms with van der Waals surface area (Å²) in [4.78, 5) is 34.2. The Bertz CT molecular complexity index is 1710. The van der Waals surface area contributed by atoms with E-state index in [1.165, 1.54) is 11.0 Å². The molecule has 1 fully saturated rings.